The van der Waals surface area contributed by atoms with E-state index < -0.39 is 0 Å². The number of thiophene rings is 1. The highest BCUT2D eigenvalue weighted by molar-refractivity contribution is 7.12. The van der Waals surface area contributed by atoms with Crippen molar-refractivity contribution < 1.29 is 4.39 Å². The van der Waals surface area contributed by atoms with Crippen molar-refractivity contribution in [2.45, 2.75) is 45.6 Å². The summed E-state index contributed by atoms with van der Waals surface area (Å²) in [4.78, 5) is 2.92. The van der Waals surface area contributed by atoms with Crippen LogP contribution in [-0.2, 0) is 12.8 Å². The van der Waals surface area contributed by atoms with Gasteiger partial charge in [0.05, 0.1) is 6.04 Å². The molecule has 112 valence electrons. The van der Waals surface area contributed by atoms with Gasteiger partial charge in [-0.2, -0.15) is 0 Å². The van der Waals surface area contributed by atoms with E-state index in [0.29, 0.717) is 0 Å². The molecular weight excluding hydrogens is 281 g/mol. The Morgan fingerprint density at radius 1 is 1.24 bits per heavy atom. The molecule has 1 aromatic carbocycles. The molecule has 0 saturated carbocycles. The molecule has 2 aromatic rings. The predicted octanol–water partition coefficient (Wildman–Crippen LogP) is 4.77. The number of hydrogen-bond acceptors (Lipinski definition) is 2. The molecule has 21 heavy (non-hydrogen) atoms. The zero-order valence-corrected chi connectivity index (χ0v) is 13.5. The lowest BCUT2D eigenvalue weighted by Gasteiger charge is -2.17. The average molecular weight is 303 g/mol. The maximum atomic E-state index is 13.5. The highest BCUT2D eigenvalue weighted by atomic mass is 32.1. The molecule has 0 radical (unpaired) electrons. The highest BCUT2D eigenvalue weighted by Gasteiger charge is 2.20. The summed E-state index contributed by atoms with van der Waals surface area (Å²) in [6.45, 7) is 4.86. The number of hydrogen-bond donors (Lipinski definition) is 1. The van der Waals surface area contributed by atoms with Crippen LogP contribution < -0.4 is 5.32 Å². The first-order valence-corrected chi connectivity index (χ1v) is 8.61. The summed E-state index contributed by atoms with van der Waals surface area (Å²) in [6, 6.07) is 8.02. The highest BCUT2D eigenvalue weighted by Crippen LogP contribution is 2.35. The lowest BCUT2D eigenvalue weighted by molar-refractivity contribution is 0.609. The number of benzene rings is 1. The number of nitrogens with one attached hydrogen (secondary N) is 1. The molecule has 0 spiro atoms. The summed E-state index contributed by atoms with van der Waals surface area (Å²) in [5.41, 5.74) is 3.41. The van der Waals surface area contributed by atoms with Gasteiger partial charge in [0.25, 0.3) is 0 Å². The van der Waals surface area contributed by atoms with Crippen molar-refractivity contribution in [3.05, 3.63) is 56.5 Å². The summed E-state index contributed by atoms with van der Waals surface area (Å²) in [5.74, 6) is -0.125. The summed E-state index contributed by atoms with van der Waals surface area (Å²) in [7, 11) is 0. The van der Waals surface area contributed by atoms with E-state index in [1.165, 1.54) is 36.1 Å². The van der Waals surface area contributed by atoms with Crippen LogP contribution in [0.4, 0.5) is 4.39 Å². The Morgan fingerprint density at radius 2 is 2.05 bits per heavy atom. The maximum Gasteiger partial charge on any atom is 0.126 e. The monoisotopic (exact) mass is 303 g/mol. The molecule has 0 bridgehead atoms. The van der Waals surface area contributed by atoms with Gasteiger partial charge in [0.1, 0.15) is 5.82 Å². The quantitative estimate of drug-likeness (QED) is 0.857. The summed E-state index contributed by atoms with van der Waals surface area (Å²) in [6.07, 6.45) is 5.06. The Hall–Kier alpha value is -1.19. The van der Waals surface area contributed by atoms with Gasteiger partial charge in [-0.1, -0.05) is 19.1 Å². The van der Waals surface area contributed by atoms with Crippen molar-refractivity contribution >= 4 is 11.3 Å². The molecule has 1 heterocycles. The van der Waals surface area contributed by atoms with Gasteiger partial charge in [0.2, 0.25) is 0 Å². The standard InChI is InChI=1S/C18H22FNS/c1-3-20-18(14-8-9-15(19)12(2)10-14)17-11-13-6-4-5-7-16(13)21-17/h8-11,18,20H,3-7H2,1-2H3. The first-order chi connectivity index (χ1) is 10.2. The van der Waals surface area contributed by atoms with E-state index in [1.54, 1.807) is 10.9 Å². The molecule has 1 aromatic heterocycles. The van der Waals surface area contributed by atoms with E-state index in [4.69, 9.17) is 0 Å². The van der Waals surface area contributed by atoms with Crippen LogP contribution >= 0.6 is 11.3 Å². The first-order valence-electron chi connectivity index (χ1n) is 7.80. The molecule has 1 aliphatic carbocycles. The Morgan fingerprint density at radius 3 is 2.76 bits per heavy atom. The van der Waals surface area contributed by atoms with Crippen LogP contribution in [-0.4, -0.2) is 6.54 Å². The summed E-state index contributed by atoms with van der Waals surface area (Å²) < 4.78 is 13.5. The Labute approximate surface area is 130 Å². The van der Waals surface area contributed by atoms with Crippen molar-refractivity contribution in [3.8, 4) is 0 Å². The van der Waals surface area contributed by atoms with Crippen LogP contribution in [0.15, 0.2) is 24.3 Å². The van der Waals surface area contributed by atoms with Gasteiger partial charge < -0.3 is 5.32 Å². The van der Waals surface area contributed by atoms with Gasteiger partial charge in [-0.25, -0.2) is 4.39 Å². The van der Waals surface area contributed by atoms with Crippen molar-refractivity contribution in [2.75, 3.05) is 6.54 Å². The molecule has 0 aliphatic heterocycles. The van der Waals surface area contributed by atoms with Gasteiger partial charge in [-0.15, -0.1) is 11.3 Å². The zero-order valence-electron chi connectivity index (χ0n) is 12.7. The van der Waals surface area contributed by atoms with Crippen LogP contribution in [0, 0.1) is 12.7 Å². The second kappa shape index (κ2) is 6.29. The van der Waals surface area contributed by atoms with Crippen molar-refractivity contribution in [3.63, 3.8) is 0 Å². The molecule has 0 saturated heterocycles. The van der Waals surface area contributed by atoms with Gasteiger partial charge in [-0.3, -0.25) is 0 Å². The second-order valence-electron chi connectivity index (χ2n) is 5.80. The molecular formula is C18H22FNS. The predicted molar refractivity (Wildman–Crippen MR) is 87.6 cm³/mol. The molecule has 1 aliphatic rings. The fraction of sp³-hybridized carbons (Fsp3) is 0.444. The molecule has 3 heteroatoms. The normalized spacial score (nSPS) is 15.8. The number of fused-ring (bicyclic) bond motifs is 1. The van der Waals surface area contributed by atoms with Crippen molar-refractivity contribution in [1.29, 1.82) is 0 Å². The minimum absolute atomic E-state index is 0.125. The molecule has 1 atom stereocenters. The third kappa shape index (κ3) is 3.04. The van der Waals surface area contributed by atoms with E-state index in [0.717, 1.165) is 17.7 Å². The minimum atomic E-state index is -0.125. The first kappa shape index (κ1) is 14.7. The molecule has 0 amide bonds. The number of rotatable bonds is 4. The summed E-state index contributed by atoms with van der Waals surface area (Å²) in [5, 5.41) is 3.56. The lowest BCUT2D eigenvalue weighted by atomic mass is 9.97. The third-order valence-corrected chi connectivity index (χ3v) is 5.53. The van der Waals surface area contributed by atoms with Crippen molar-refractivity contribution in [2.24, 2.45) is 0 Å². The average Bonchev–Trinajstić information content (AvgIpc) is 2.91. The molecule has 0 fully saturated rings. The number of aryl methyl sites for hydroxylation is 3. The van der Waals surface area contributed by atoms with Crippen molar-refractivity contribution in [1.82, 2.24) is 5.32 Å². The smallest absolute Gasteiger partial charge is 0.126 e. The van der Waals surface area contributed by atoms with E-state index in [9.17, 15) is 4.39 Å². The third-order valence-electron chi connectivity index (χ3n) is 4.22. The van der Waals surface area contributed by atoms with E-state index >= 15 is 0 Å². The van der Waals surface area contributed by atoms with E-state index in [1.807, 2.05) is 30.4 Å². The summed E-state index contributed by atoms with van der Waals surface area (Å²) >= 11 is 1.93. The van der Waals surface area contributed by atoms with Crippen LogP contribution in [0.5, 0.6) is 0 Å². The number of halogens is 1. The lowest BCUT2D eigenvalue weighted by Crippen LogP contribution is -2.21. The molecule has 1 unspecified atom stereocenters. The van der Waals surface area contributed by atoms with Crippen LogP contribution in [0.2, 0.25) is 0 Å². The minimum Gasteiger partial charge on any atom is -0.306 e. The van der Waals surface area contributed by atoms with Crippen LogP contribution in [0.3, 0.4) is 0 Å². The van der Waals surface area contributed by atoms with E-state index in [-0.39, 0.29) is 11.9 Å². The Balaban J connectivity index is 1.96. The largest absolute Gasteiger partial charge is 0.306 e. The van der Waals surface area contributed by atoms with Gasteiger partial charge >= 0.3 is 0 Å². The van der Waals surface area contributed by atoms with Crippen LogP contribution in [0.25, 0.3) is 0 Å². The second-order valence-corrected chi connectivity index (χ2v) is 6.97. The zero-order chi connectivity index (χ0) is 14.8. The van der Waals surface area contributed by atoms with E-state index in [2.05, 4.69) is 18.3 Å². The molecule has 1 nitrogen and oxygen atoms in total. The van der Waals surface area contributed by atoms with Crippen LogP contribution in [0.1, 0.15) is 52.3 Å². The Kier molecular flexibility index (Phi) is 4.41. The van der Waals surface area contributed by atoms with Gasteiger partial charge in [0, 0.05) is 9.75 Å². The topological polar surface area (TPSA) is 12.0 Å². The van der Waals surface area contributed by atoms with Gasteiger partial charge in [-0.05, 0) is 68.0 Å². The fourth-order valence-corrected chi connectivity index (χ4v) is 4.45. The maximum absolute atomic E-state index is 13.5. The SMILES string of the molecule is CCNC(c1ccc(F)c(C)c1)c1cc2c(s1)CCCC2. The Bertz CT molecular complexity index is 609. The van der Waals surface area contributed by atoms with Gasteiger partial charge in [0.15, 0.2) is 0 Å². The molecule has 3 rings (SSSR count). The molecule has 1 N–H and O–H groups in total. The fourth-order valence-electron chi connectivity index (χ4n) is 3.09.